The van der Waals surface area contributed by atoms with Crippen molar-refractivity contribution in [1.29, 1.82) is 0 Å². The number of benzene rings is 2. The van der Waals surface area contributed by atoms with E-state index >= 15 is 0 Å². The van der Waals surface area contributed by atoms with E-state index in [0.29, 0.717) is 11.6 Å². The summed E-state index contributed by atoms with van der Waals surface area (Å²) in [7, 11) is 0. The molecule has 1 N–H and O–H groups in total. The Morgan fingerprint density at radius 2 is 1.81 bits per heavy atom. The number of nitrogens with one attached hydrogen (secondary N) is 1. The van der Waals surface area contributed by atoms with Crippen molar-refractivity contribution in [3.8, 4) is 0 Å². The van der Waals surface area contributed by atoms with E-state index in [4.69, 9.17) is 0 Å². The summed E-state index contributed by atoms with van der Waals surface area (Å²) < 4.78 is 0. The molecule has 4 nitrogen and oxygen atoms in total. The number of hydrogen-bond acceptors (Lipinski definition) is 2. The first-order valence-corrected chi connectivity index (χ1v) is 9.19. The standard InChI is InChI=1S/C22H22N2O2/c25-21(24-15-3-5-17-4-1-2-6-20(17)24)14-9-16-7-10-18(11-8-16)22(26)23-19-12-13-19/h1-2,4,6-11,14,19H,3,5,12-13,15H2,(H,23,26)/b14-9+. The first-order valence-electron chi connectivity index (χ1n) is 9.19. The molecule has 2 aromatic rings. The molecule has 2 aromatic carbocycles. The number of carbonyl (C=O) groups is 2. The van der Waals surface area contributed by atoms with Crippen molar-refractivity contribution in [1.82, 2.24) is 5.32 Å². The third kappa shape index (κ3) is 3.69. The molecule has 2 aliphatic rings. The van der Waals surface area contributed by atoms with Crippen LogP contribution in [0.5, 0.6) is 0 Å². The summed E-state index contributed by atoms with van der Waals surface area (Å²) in [6, 6.07) is 15.8. The Hall–Kier alpha value is -2.88. The third-order valence-electron chi connectivity index (χ3n) is 4.88. The zero-order chi connectivity index (χ0) is 17.9. The van der Waals surface area contributed by atoms with Crippen LogP contribution in [0.3, 0.4) is 0 Å². The molecule has 0 atom stereocenters. The molecule has 0 bridgehead atoms. The average molecular weight is 346 g/mol. The zero-order valence-electron chi connectivity index (χ0n) is 14.7. The van der Waals surface area contributed by atoms with Crippen molar-refractivity contribution in [2.24, 2.45) is 0 Å². The van der Waals surface area contributed by atoms with Crippen LogP contribution in [0, 0.1) is 0 Å². The van der Waals surface area contributed by atoms with Crippen molar-refractivity contribution in [3.05, 3.63) is 71.3 Å². The molecule has 4 heteroatoms. The molecule has 1 fully saturated rings. The molecule has 0 radical (unpaired) electrons. The fourth-order valence-electron chi connectivity index (χ4n) is 3.26. The topological polar surface area (TPSA) is 49.4 Å². The summed E-state index contributed by atoms with van der Waals surface area (Å²) in [5.74, 6) is -0.0308. The van der Waals surface area contributed by atoms with Gasteiger partial charge < -0.3 is 10.2 Å². The van der Waals surface area contributed by atoms with E-state index in [0.717, 1.165) is 43.5 Å². The molecule has 2 amide bonds. The number of para-hydroxylation sites is 1. The normalized spacial score (nSPS) is 16.4. The molecular formula is C22H22N2O2. The number of aryl methyl sites for hydroxylation is 1. The van der Waals surface area contributed by atoms with Crippen LogP contribution in [-0.4, -0.2) is 24.4 Å². The van der Waals surface area contributed by atoms with Gasteiger partial charge in [0, 0.05) is 29.9 Å². The second-order valence-electron chi connectivity index (χ2n) is 6.93. The minimum absolute atomic E-state index is 0.00676. The highest BCUT2D eigenvalue weighted by atomic mass is 16.2. The largest absolute Gasteiger partial charge is 0.349 e. The van der Waals surface area contributed by atoms with Gasteiger partial charge in [-0.05, 0) is 61.1 Å². The quantitative estimate of drug-likeness (QED) is 0.861. The Labute approximate surface area is 153 Å². The number of hydrogen-bond donors (Lipinski definition) is 1. The molecule has 0 spiro atoms. The lowest BCUT2D eigenvalue weighted by Gasteiger charge is -2.28. The Kier molecular flexibility index (Phi) is 4.57. The molecule has 0 aromatic heterocycles. The fraction of sp³-hybridized carbons (Fsp3) is 0.273. The molecule has 4 rings (SSSR count). The highest BCUT2D eigenvalue weighted by Crippen LogP contribution is 2.27. The average Bonchev–Trinajstić information content (AvgIpc) is 3.50. The van der Waals surface area contributed by atoms with Gasteiger partial charge in [0.1, 0.15) is 0 Å². The smallest absolute Gasteiger partial charge is 0.251 e. The SMILES string of the molecule is O=C(NC1CC1)c1ccc(/C=C/C(=O)N2CCCc3ccccc32)cc1. The van der Waals surface area contributed by atoms with E-state index in [2.05, 4.69) is 11.4 Å². The predicted octanol–water partition coefficient (Wildman–Crippen LogP) is 3.57. The lowest BCUT2D eigenvalue weighted by Crippen LogP contribution is -2.34. The predicted molar refractivity (Wildman–Crippen MR) is 103 cm³/mol. The van der Waals surface area contributed by atoms with Crippen molar-refractivity contribution in [2.75, 3.05) is 11.4 Å². The summed E-state index contributed by atoms with van der Waals surface area (Å²) in [6.07, 6.45) is 7.58. The molecule has 132 valence electrons. The van der Waals surface area contributed by atoms with Gasteiger partial charge in [-0.25, -0.2) is 0 Å². The second-order valence-corrected chi connectivity index (χ2v) is 6.93. The number of nitrogens with zero attached hydrogens (tertiary/aromatic N) is 1. The van der Waals surface area contributed by atoms with E-state index in [-0.39, 0.29) is 11.8 Å². The van der Waals surface area contributed by atoms with Crippen molar-refractivity contribution in [2.45, 2.75) is 31.7 Å². The van der Waals surface area contributed by atoms with Crippen molar-refractivity contribution >= 4 is 23.6 Å². The molecule has 1 aliphatic heterocycles. The van der Waals surface area contributed by atoms with Gasteiger partial charge >= 0.3 is 0 Å². The van der Waals surface area contributed by atoms with Crippen LogP contribution in [0.2, 0.25) is 0 Å². The summed E-state index contributed by atoms with van der Waals surface area (Å²) in [4.78, 5) is 26.5. The Morgan fingerprint density at radius 1 is 1.04 bits per heavy atom. The highest BCUT2D eigenvalue weighted by Gasteiger charge is 2.23. The van der Waals surface area contributed by atoms with E-state index in [1.54, 1.807) is 18.2 Å². The van der Waals surface area contributed by atoms with Crippen LogP contribution < -0.4 is 10.2 Å². The second kappa shape index (κ2) is 7.16. The lowest BCUT2D eigenvalue weighted by atomic mass is 10.0. The van der Waals surface area contributed by atoms with Crippen molar-refractivity contribution in [3.63, 3.8) is 0 Å². The fourth-order valence-corrected chi connectivity index (χ4v) is 3.26. The zero-order valence-corrected chi connectivity index (χ0v) is 14.7. The minimum atomic E-state index is -0.0240. The van der Waals surface area contributed by atoms with Gasteiger partial charge in [0.05, 0.1) is 0 Å². The monoisotopic (exact) mass is 346 g/mol. The van der Waals surface area contributed by atoms with Crippen LogP contribution in [0.1, 0.15) is 40.7 Å². The van der Waals surface area contributed by atoms with E-state index in [1.807, 2.05) is 41.3 Å². The maximum absolute atomic E-state index is 12.6. The van der Waals surface area contributed by atoms with Gasteiger partial charge in [0.2, 0.25) is 0 Å². The first kappa shape index (κ1) is 16.6. The molecule has 0 unspecified atom stereocenters. The number of amides is 2. The van der Waals surface area contributed by atoms with Crippen LogP contribution in [0.25, 0.3) is 6.08 Å². The van der Waals surface area contributed by atoms with E-state index < -0.39 is 0 Å². The van der Waals surface area contributed by atoms with Gasteiger partial charge in [-0.2, -0.15) is 0 Å². The van der Waals surface area contributed by atoms with Crippen molar-refractivity contribution < 1.29 is 9.59 Å². The van der Waals surface area contributed by atoms with Gasteiger partial charge in [-0.15, -0.1) is 0 Å². The van der Waals surface area contributed by atoms with Crippen LogP contribution >= 0.6 is 0 Å². The van der Waals surface area contributed by atoms with Gasteiger partial charge in [-0.3, -0.25) is 9.59 Å². The molecule has 1 aliphatic carbocycles. The minimum Gasteiger partial charge on any atom is -0.349 e. The number of anilines is 1. The van der Waals surface area contributed by atoms with Gasteiger partial charge in [0.25, 0.3) is 11.8 Å². The summed E-state index contributed by atoms with van der Waals surface area (Å²) in [5, 5.41) is 2.97. The van der Waals surface area contributed by atoms with Gasteiger partial charge in [0.15, 0.2) is 0 Å². The maximum atomic E-state index is 12.6. The third-order valence-corrected chi connectivity index (χ3v) is 4.88. The van der Waals surface area contributed by atoms with E-state index in [9.17, 15) is 9.59 Å². The lowest BCUT2D eigenvalue weighted by molar-refractivity contribution is -0.114. The maximum Gasteiger partial charge on any atom is 0.251 e. The molecule has 1 saturated carbocycles. The molecule has 0 saturated heterocycles. The molecule has 1 heterocycles. The highest BCUT2D eigenvalue weighted by molar-refractivity contribution is 6.04. The Balaban J connectivity index is 1.43. The van der Waals surface area contributed by atoms with Crippen LogP contribution in [-0.2, 0) is 11.2 Å². The van der Waals surface area contributed by atoms with Crippen LogP contribution in [0.4, 0.5) is 5.69 Å². The van der Waals surface area contributed by atoms with Gasteiger partial charge in [-0.1, -0.05) is 30.3 Å². The Morgan fingerprint density at radius 3 is 2.58 bits per heavy atom. The number of rotatable bonds is 4. The number of fused-ring (bicyclic) bond motifs is 1. The Bertz CT molecular complexity index is 851. The molecule has 26 heavy (non-hydrogen) atoms. The number of carbonyl (C=O) groups excluding carboxylic acids is 2. The van der Waals surface area contributed by atoms with E-state index in [1.165, 1.54) is 5.56 Å². The first-order chi connectivity index (χ1) is 12.7. The molecular weight excluding hydrogens is 324 g/mol. The van der Waals surface area contributed by atoms with Crippen LogP contribution in [0.15, 0.2) is 54.6 Å². The summed E-state index contributed by atoms with van der Waals surface area (Å²) in [5.41, 5.74) is 3.81. The summed E-state index contributed by atoms with van der Waals surface area (Å²) in [6.45, 7) is 0.750. The summed E-state index contributed by atoms with van der Waals surface area (Å²) >= 11 is 0.